The molecule has 5 nitrogen and oxygen atoms in total. The molecule has 1 amide bonds. The summed E-state index contributed by atoms with van der Waals surface area (Å²) in [5.41, 5.74) is 3.04. The number of anilines is 2. The van der Waals surface area contributed by atoms with Crippen LogP contribution in [0.25, 0.3) is 0 Å². The number of nitrogens with one attached hydrogen (secondary N) is 1. The Morgan fingerprint density at radius 1 is 0.595 bits per heavy atom. The Balaban J connectivity index is 1.66. The summed E-state index contributed by atoms with van der Waals surface area (Å²) < 4.78 is 0. The molecule has 0 atom stereocenters. The van der Waals surface area contributed by atoms with Crippen LogP contribution in [0.5, 0.6) is 0 Å². The molecule has 1 aliphatic rings. The Kier molecular flexibility index (Phi) is 11.9. The maximum absolute atomic E-state index is 14.3. The number of benzene rings is 3. The van der Waals surface area contributed by atoms with Crippen molar-refractivity contribution >= 4 is 28.8 Å². The lowest BCUT2D eigenvalue weighted by Gasteiger charge is -2.27. The highest BCUT2D eigenvalue weighted by atomic mass is 16.2. The van der Waals surface area contributed by atoms with Gasteiger partial charge in [0.2, 0.25) is 0 Å². The third-order valence-corrected chi connectivity index (χ3v) is 8.22. The molecule has 0 unspecified atom stereocenters. The van der Waals surface area contributed by atoms with Crippen molar-refractivity contribution in [1.82, 2.24) is 4.90 Å². The van der Waals surface area contributed by atoms with E-state index in [1.54, 1.807) is 36.4 Å². The Hall–Kier alpha value is -3.73. The number of para-hydroxylation sites is 1. The number of carbonyl (C=O) groups excluding carboxylic acids is 3. The summed E-state index contributed by atoms with van der Waals surface area (Å²) in [4.78, 5) is 43.7. The van der Waals surface area contributed by atoms with Crippen LogP contribution in [-0.2, 0) is 0 Å². The van der Waals surface area contributed by atoms with E-state index in [9.17, 15) is 14.4 Å². The molecule has 222 valence electrons. The van der Waals surface area contributed by atoms with Crippen LogP contribution in [0.2, 0.25) is 0 Å². The largest absolute Gasteiger partial charge is 0.354 e. The van der Waals surface area contributed by atoms with E-state index < -0.39 is 0 Å². The lowest BCUT2D eigenvalue weighted by Crippen LogP contribution is -2.34. The van der Waals surface area contributed by atoms with E-state index in [0.29, 0.717) is 41.0 Å². The molecule has 0 saturated carbocycles. The summed E-state index contributed by atoms with van der Waals surface area (Å²) in [5, 5.41) is 3.38. The normalized spacial score (nSPS) is 12.1. The molecule has 0 saturated heterocycles. The lowest BCUT2D eigenvalue weighted by molar-refractivity contribution is 0.0749. The van der Waals surface area contributed by atoms with Gasteiger partial charge in [0.1, 0.15) is 0 Å². The molecule has 0 aliphatic heterocycles. The van der Waals surface area contributed by atoms with E-state index in [1.165, 1.54) is 51.4 Å². The Bertz CT molecular complexity index is 1330. The summed E-state index contributed by atoms with van der Waals surface area (Å²) in [5.74, 6) is -0.504. The van der Waals surface area contributed by atoms with Crippen LogP contribution in [0.3, 0.4) is 0 Å². The second kappa shape index (κ2) is 16.1. The van der Waals surface area contributed by atoms with E-state index in [-0.39, 0.29) is 23.0 Å². The fourth-order valence-corrected chi connectivity index (χ4v) is 5.81. The average molecular weight is 567 g/mol. The van der Waals surface area contributed by atoms with Gasteiger partial charge in [-0.1, -0.05) is 121 Å². The Labute approximate surface area is 251 Å². The number of unbranched alkanes of at least 4 members (excludes halogenated alkanes) is 10. The highest BCUT2D eigenvalue weighted by Gasteiger charge is 2.34. The molecule has 0 heterocycles. The number of hydrogen-bond acceptors (Lipinski definition) is 4. The van der Waals surface area contributed by atoms with Crippen molar-refractivity contribution in [2.75, 3.05) is 18.4 Å². The molecule has 1 N–H and O–H groups in total. The SMILES string of the molecule is CCCCCCCCN(CCCCCCCC)C(=O)c1ccc2c(c1Nc1ccccc1)C(=O)c1ccccc1C2=O. The van der Waals surface area contributed by atoms with Gasteiger partial charge in [0.15, 0.2) is 11.6 Å². The first-order valence-electron chi connectivity index (χ1n) is 16.0. The summed E-state index contributed by atoms with van der Waals surface area (Å²) in [6.07, 6.45) is 13.9. The number of hydrogen-bond donors (Lipinski definition) is 1. The molecular formula is C37H46N2O3. The first-order chi connectivity index (χ1) is 20.6. The summed E-state index contributed by atoms with van der Waals surface area (Å²) in [7, 11) is 0. The summed E-state index contributed by atoms with van der Waals surface area (Å²) in [6.45, 7) is 5.82. The molecule has 42 heavy (non-hydrogen) atoms. The number of carbonyl (C=O) groups is 3. The highest BCUT2D eigenvalue weighted by Crippen LogP contribution is 2.36. The minimum absolute atomic E-state index is 0.0857. The van der Waals surface area contributed by atoms with E-state index >= 15 is 0 Å². The highest BCUT2D eigenvalue weighted by molar-refractivity contribution is 6.31. The van der Waals surface area contributed by atoms with Gasteiger partial charge in [-0.05, 0) is 37.1 Å². The Morgan fingerprint density at radius 3 is 1.71 bits per heavy atom. The monoisotopic (exact) mass is 566 g/mol. The van der Waals surface area contributed by atoms with Gasteiger partial charge in [-0.2, -0.15) is 0 Å². The van der Waals surface area contributed by atoms with Gasteiger partial charge in [-0.25, -0.2) is 0 Å². The first kappa shape index (κ1) is 31.2. The number of rotatable bonds is 17. The molecular weight excluding hydrogens is 520 g/mol. The van der Waals surface area contributed by atoms with Crippen LogP contribution in [0.1, 0.15) is 133 Å². The van der Waals surface area contributed by atoms with Crippen molar-refractivity contribution in [2.24, 2.45) is 0 Å². The third-order valence-electron chi connectivity index (χ3n) is 8.22. The Morgan fingerprint density at radius 2 is 1.12 bits per heavy atom. The maximum Gasteiger partial charge on any atom is 0.255 e. The summed E-state index contributed by atoms with van der Waals surface area (Å²) >= 11 is 0. The van der Waals surface area contributed by atoms with E-state index in [0.717, 1.165) is 31.4 Å². The number of fused-ring (bicyclic) bond motifs is 2. The van der Waals surface area contributed by atoms with E-state index in [1.807, 2.05) is 35.2 Å². The second-order valence-electron chi connectivity index (χ2n) is 11.4. The molecule has 3 aromatic carbocycles. The van der Waals surface area contributed by atoms with Crippen LogP contribution in [0.15, 0.2) is 66.7 Å². The van der Waals surface area contributed by atoms with E-state index in [2.05, 4.69) is 19.2 Å². The third kappa shape index (κ3) is 7.76. The van der Waals surface area contributed by atoms with Crippen molar-refractivity contribution in [2.45, 2.75) is 90.9 Å². The van der Waals surface area contributed by atoms with Crippen molar-refractivity contribution < 1.29 is 14.4 Å². The van der Waals surface area contributed by atoms with Crippen LogP contribution in [0.4, 0.5) is 11.4 Å². The van der Waals surface area contributed by atoms with Crippen LogP contribution >= 0.6 is 0 Å². The van der Waals surface area contributed by atoms with Gasteiger partial charge in [-0.15, -0.1) is 0 Å². The molecule has 0 aromatic heterocycles. The van der Waals surface area contributed by atoms with Crippen molar-refractivity contribution in [3.8, 4) is 0 Å². The molecule has 0 bridgehead atoms. The summed E-state index contributed by atoms with van der Waals surface area (Å²) in [6, 6.07) is 19.9. The second-order valence-corrected chi connectivity index (χ2v) is 11.4. The molecule has 0 spiro atoms. The van der Waals surface area contributed by atoms with Crippen molar-refractivity contribution in [3.05, 3.63) is 94.5 Å². The molecule has 0 radical (unpaired) electrons. The van der Waals surface area contributed by atoms with Gasteiger partial charge < -0.3 is 10.2 Å². The fraction of sp³-hybridized carbons (Fsp3) is 0.432. The molecule has 0 fully saturated rings. The van der Waals surface area contributed by atoms with Crippen LogP contribution < -0.4 is 5.32 Å². The van der Waals surface area contributed by atoms with Gasteiger partial charge in [-0.3, -0.25) is 14.4 Å². The lowest BCUT2D eigenvalue weighted by atomic mass is 9.82. The molecule has 5 heteroatoms. The fourth-order valence-electron chi connectivity index (χ4n) is 5.81. The maximum atomic E-state index is 14.3. The zero-order chi connectivity index (χ0) is 29.7. The molecule has 1 aliphatic carbocycles. The predicted octanol–water partition coefficient (Wildman–Crippen LogP) is 9.37. The van der Waals surface area contributed by atoms with Gasteiger partial charge in [0, 0.05) is 35.5 Å². The first-order valence-corrected chi connectivity index (χ1v) is 16.0. The van der Waals surface area contributed by atoms with Crippen LogP contribution in [-0.4, -0.2) is 35.5 Å². The molecule has 3 aromatic rings. The van der Waals surface area contributed by atoms with Crippen LogP contribution in [0, 0.1) is 0 Å². The smallest absolute Gasteiger partial charge is 0.255 e. The van der Waals surface area contributed by atoms with Crippen molar-refractivity contribution in [3.63, 3.8) is 0 Å². The van der Waals surface area contributed by atoms with Crippen molar-refractivity contribution in [1.29, 1.82) is 0 Å². The minimum Gasteiger partial charge on any atom is -0.354 e. The topological polar surface area (TPSA) is 66.5 Å². The number of ketones is 2. The van der Waals surface area contributed by atoms with Gasteiger partial charge in [0.25, 0.3) is 5.91 Å². The van der Waals surface area contributed by atoms with E-state index in [4.69, 9.17) is 0 Å². The minimum atomic E-state index is -0.230. The standard InChI is InChI=1S/C37H46N2O3/c1-3-5-7-9-11-18-26-39(27-19-12-10-8-6-4-2)37(42)32-25-24-31-33(34(32)38-28-20-14-13-15-21-28)36(41)30-23-17-16-22-29(30)35(31)40/h13-17,20-25,38H,3-12,18-19,26-27H2,1-2H3. The predicted molar refractivity (Wildman–Crippen MR) is 172 cm³/mol. The number of amides is 1. The van der Waals surface area contributed by atoms with Gasteiger partial charge in [0.05, 0.1) is 16.8 Å². The zero-order valence-corrected chi connectivity index (χ0v) is 25.4. The van der Waals surface area contributed by atoms with Gasteiger partial charge >= 0.3 is 0 Å². The average Bonchev–Trinajstić information content (AvgIpc) is 3.02. The number of nitrogens with zero attached hydrogens (tertiary/aromatic N) is 1. The zero-order valence-electron chi connectivity index (χ0n) is 25.4. The quantitative estimate of drug-likeness (QED) is 0.129. The molecule has 4 rings (SSSR count).